The number of carbonyl (C=O) groups excluding carboxylic acids is 2. The van der Waals surface area contributed by atoms with E-state index in [0.717, 1.165) is 17.7 Å². The number of rotatable bonds is 9. The summed E-state index contributed by atoms with van der Waals surface area (Å²) in [6.45, 7) is 10.1. The van der Waals surface area contributed by atoms with E-state index in [4.69, 9.17) is 18.9 Å². The molecule has 2 fully saturated rings. The Morgan fingerprint density at radius 1 is 1.19 bits per heavy atom. The average molecular weight is 689 g/mol. The molecule has 1 N–H and O–H groups in total. The van der Waals surface area contributed by atoms with Crippen molar-refractivity contribution < 1.29 is 38.0 Å². The second-order valence-corrected chi connectivity index (χ2v) is 15.4. The molecule has 3 aliphatic rings. The molecule has 11 nitrogen and oxygen atoms in total. The maximum atomic E-state index is 14.8. The SMILES string of the molecule is COc1ccc(F)cc1[C@H](CN1c2sc(-c3ncsn3)c(C)c2C(=O)N(C(C)(C)C(=O)OC(C)(C)C)C1O)O[C@@H]1C[C@H]2CC[C@@H](C1)O2. The summed E-state index contributed by atoms with van der Waals surface area (Å²) >= 11 is 2.47. The maximum absolute atomic E-state index is 14.8. The molecular weight excluding hydrogens is 648 g/mol. The van der Waals surface area contributed by atoms with Gasteiger partial charge in [-0.1, -0.05) is 0 Å². The van der Waals surface area contributed by atoms with Gasteiger partial charge in [0, 0.05) is 5.56 Å². The highest BCUT2D eigenvalue weighted by Gasteiger charge is 2.51. The van der Waals surface area contributed by atoms with Crippen LogP contribution in [-0.2, 0) is 19.0 Å². The molecule has 6 rings (SSSR count). The minimum absolute atomic E-state index is 0.00125. The number of aliphatic hydroxyl groups excluding tert-OH is 1. The Labute approximate surface area is 281 Å². The van der Waals surface area contributed by atoms with E-state index in [0.29, 0.717) is 51.0 Å². The largest absolute Gasteiger partial charge is 0.496 e. The summed E-state index contributed by atoms with van der Waals surface area (Å²) in [6.07, 6.45) is 0.900. The van der Waals surface area contributed by atoms with Crippen molar-refractivity contribution in [3.8, 4) is 16.5 Å². The number of thiophene rings is 1. The number of hydrogen-bond donors (Lipinski definition) is 1. The molecular formula is C33H41FN4O7S2. The number of methoxy groups -OCH3 is 1. The summed E-state index contributed by atoms with van der Waals surface area (Å²) < 4.78 is 43.5. The Morgan fingerprint density at radius 2 is 1.89 bits per heavy atom. The zero-order valence-corrected chi connectivity index (χ0v) is 29.2. The Balaban J connectivity index is 1.46. The number of anilines is 1. The zero-order chi connectivity index (χ0) is 33.8. The molecule has 0 aliphatic carbocycles. The molecule has 254 valence electrons. The lowest BCUT2D eigenvalue weighted by atomic mass is 9.97. The van der Waals surface area contributed by atoms with Crippen molar-refractivity contribution >= 4 is 39.7 Å². The summed E-state index contributed by atoms with van der Waals surface area (Å²) in [5.41, 5.74) is 0.597. The van der Waals surface area contributed by atoms with Crippen LogP contribution in [0.3, 0.4) is 0 Å². The van der Waals surface area contributed by atoms with Gasteiger partial charge in [-0.05, 0) is 103 Å². The van der Waals surface area contributed by atoms with E-state index in [1.165, 1.54) is 42.1 Å². The number of benzene rings is 1. The van der Waals surface area contributed by atoms with Crippen molar-refractivity contribution in [2.45, 2.75) is 109 Å². The normalized spacial score (nSPS) is 23.6. The first-order valence-electron chi connectivity index (χ1n) is 15.7. The second-order valence-electron chi connectivity index (χ2n) is 13.8. The summed E-state index contributed by atoms with van der Waals surface area (Å²) in [5.74, 6) is -0.781. The number of fused-ring (bicyclic) bond motifs is 3. The topological polar surface area (TPSA) is 124 Å². The molecule has 0 radical (unpaired) electrons. The number of halogens is 1. The molecule has 2 bridgehead atoms. The van der Waals surface area contributed by atoms with Gasteiger partial charge >= 0.3 is 5.97 Å². The number of ether oxygens (including phenoxy) is 4. The minimum atomic E-state index is -1.61. The predicted octanol–water partition coefficient (Wildman–Crippen LogP) is 5.85. The lowest BCUT2D eigenvalue weighted by Gasteiger charge is -2.48. The molecule has 1 aromatic carbocycles. The third kappa shape index (κ3) is 6.50. The van der Waals surface area contributed by atoms with E-state index in [1.807, 2.05) is 0 Å². The molecule has 3 aliphatic heterocycles. The van der Waals surface area contributed by atoms with Crippen molar-refractivity contribution in [2.24, 2.45) is 0 Å². The molecule has 14 heteroatoms. The van der Waals surface area contributed by atoms with Crippen LogP contribution in [0.15, 0.2) is 23.7 Å². The Kier molecular flexibility index (Phi) is 9.11. The first kappa shape index (κ1) is 33.7. The molecule has 0 spiro atoms. The van der Waals surface area contributed by atoms with Gasteiger partial charge in [0.15, 0.2) is 5.82 Å². The van der Waals surface area contributed by atoms with Gasteiger partial charge in [0.1, 0.15) is 39.3 Å². The standard InChI is InChI=1S/C33H41FN4O7S2/c1-17-25-28(39)38(33(5,6)30(40)45-32(2,3)4)31(41)37(29(25)47-26(17)27-35-16-46-36-27)15-24(22-12-18(34)8-11-23(22)42-7)44-21-13-19-9-10-20(14-21)43-19/h8,11-12,16,19-21,24,31,41H,9-10,13-15H2,1-7H3/t19-,20+,21-,24-,31?/m0/s1. The van der Waals surface area contributed by atoms with Gasteiger partial charge in [-0.15, -0.1) is 11.3 Å². The monoisotopic (exact) mass is 688 g/mol. The fourth-order valence-corrected chi connectivity index (χ4v) is 8.39. The van der Waals surface area contributed by atoms with Gasteiger partial charge in [-0.3, -0.25) is 9.69 Å². The molecule has 47 heavy (non-hydrogen) atoms. The van der Waals surface area contributed by atoms with Crippen LogP contribution in [0.5, 0.6) is 5.75 Å². The lowest BCUT2D eigenvalue weighted by Crippen LogP contribution is -2.66. The van der Waals surface area contributed by atoms with Crippen LogP contribution in [0.1, 0.15) is 87.9 Å². The van der Waals surface area contributed by atoms with E-state index in [-0.39, 0.29) is 24.9 Å². The van der Waals surface area contributed by atoms with Gasteiger partial charge in [0.25, 0.3) is 5.91 Å². The number of hydrogen-bond acceptors (Lipinski definition) is 12. The van der Waals surface area contributed by atoms with Crippen LogP contribution in [0.2, 0.25) is 0 Å². The quantitative estimate of drug-likeness (QED) is 0.274. The van der Waals surface area contributed by atoms with Crippen LogP contribution in [0.4, 0.5) is 9.39 Å². The van der Waals surface area contributed by atoms with E-state index in [2.05, 4.69) is 9.36 Å². The van der Waals surface area contributed by atoms with Crippen molar-refractivity contribution in [1.82, 2.24) is 14.3 Å². The number of aliphatic hydroxyl groups is 1. The van der Waals surface area contributed by atoms with Crippen molar-refractivity contribution in [2.75, 3.05) is 18.6 Å². The number of nitrogens with zero attached hydrogens (tertiary/aromatic N) is 4. The molecule has 3 aromatic rings. The van der Waals surface area contributed by atoms with Crippen LogP contribution in [0.25, 0.3) is 10.7 Å². The minimum Gasteiger partial charge on any atom is -0.496 e. The smallest absolute Gasteiger partial charge is 0.332 e. The summed E-state index contributed by atoms with van der Waals surface area (Å²) in [4.78, 5) is 35.8. The van der Waals surface area contributed by atoms with Crippen LogP contribution < -0.4 is 9.64 Å². The number of amides is 1. The van der Waals surface area contributed by atoms with E-state index in [1.54, 1.807) is 58.0 Å². The molecule has 5 heterocycles. The van der Waals surface area contributed by atoms with Crippen LogP contribution >= 0.6 is 22.9 Å². The molecule has 1 amide bonds. The van der Waals surface area contributed by atoms with Crippen molar-refractivity contribution in [3.05, 3.63) is 46.2 Å². The molecule has 2 saturated heterocycles. The number of carbonyl (C=O) groups is 2. The van der Waals surface area contributed by atoms with Gasteiger partial charge in [0.2, 0.25) is 6.35 Å². The molecule has 0 saturated carbocycles. The van der Waals surface area contributed by atoms with Gasteiger partial charge < -0.3 is 29.0 Å². The van der Waals surface area contributed by atoms with E-state index < -0.39 is 41.3 Å². The fraction of sp³-hybridized carbons (Fsp3) is 0.576. The Bertz CT molecular complexity index is 1630. The average Bonchev–Trinajstić information content (AvgIpc) is 3.72. The number of esters is 1. The Morgan fingerprint density at radius 3 is 2.51 bits per heavy atom. The highest BCUT2D eigenvalue weighted by molar-refractivity contribution is 7.20. The third-order valence-corrected chi connectivity index (χ3v) is 10.7. The van der Waals surface area contributed by atoms with E-state index >= 15 is 0 Å². The highest BCUT2D eigenvalue weighted by atomic mass is 32.1. The highest BCUT2D eigenvalue weighted by Crippen LogP contribution is 2.48. The zero-order valence-electron chi connectivity index (χ0n) is 27.6. The van der Waals surface area contributed by atoms with Crippen LogP contribution in [0, 0.1) is 12.7 Å². The first-order chi connectivity index (χ1) is 22.2. The van der Waals surface area contributed by atoms with Crippen LogP contribution in [-0.4, -0.2) is 80.7 Å². The molecule has 1 unspecified atom stereocenters. The summed E-state index contributed by atoms with van der Waals surface area (Å²) in [7, 11) is 1.51. The molecule has 5 atom stereocenters. The van der Waals surface area contributed by atoms with Gasteiger partial charge in [-0.25, -0.2) is 14.2 Å². The first-order valence-corrected chi connectivity index (χ1v) is 17.4. The third-order valence-electron chi connectivity index (χ3n) is 8.90. The number of aromatic nitrogens is 2. The maximum Gasteiger partial charge on any atom is 0.332 e. The predicted molar refractivity (Wildman–Crippen MR) is 175 cm³/mol. The second kappa shape index (κ2) is 12.7. The molecule has 2 aromatic heterocycles. The van der Waals surface area contributed by atoms with Crippen molar-refractivity contribution in [1.29, 1.82) is 0 Å². The fourth-order valence-electron chi connectivity index (χ4n) is 6.63. The Hall–Kier alpha value is -3.17. The van der Waals surface area contributed by atoms with E-state index in [9.17, 15) is 19.1 Å². The van der Waals surface area contributed by atoms with Gasteiger partial charge in [-0.2, -0.15) is 4.37 Å². The van der Waals surface area contributed by atoms with Crippen molar-refractivity contribution in [3.63, 3.8) is 0 Å². The lowest BCUT2D eigenvalue weighted by molar-refractivity contribution is -0.172. The summed E-state index contributed by atoms with van der Waals surface area (Å²) in [6, 6.07) is 4.25. The summed E-state index contributed by atoms with van der Waals surface area (Å²) in [5, 5.41) is 12.6. The van der Waals surface area contributed by atoms with Gasteiger partial charge in [0.05, 0.1) is 42.4 Å².